The van der Waals surface area contributed by atoms with Crippen LogP contribution in [0, 0.1) is 0 Å². The van der Waals surface area contributed by atoms with Crippen molar-refractivity contribution in [3.8, 4) is 22.7 Å². The summed E-state index contributed by atoms with van der Waals surface area (Å²) < 4.78 is 14.0. The van der Waals surface area contributed by atoms with Gasteiger partial charge in [0.05, 0.1) is 0 Å². The molecule has 4 aliphatic carbocycles. The molecule has 2 aliphatic heterocycles. The van der Waals surface area contributed by atoms with E-state index in [1.54, 1.807) is 22.3 Å². The Bertz CT molecular complexity index is 4890. The Hall–Kier alpha value is -8.28. The fourth-order valence-electron chi connectivity index (χ4n) is 17.8. The molecule has 9 aromatic carbocycles. The standard InChI is InChI=1S/C78H63BN4Se/c1-4-22-49(23-5-1)78(50-24-6-2-7-25-50)62-44-51(80-66-35-15-10-27-55(66)56-28-11-16-36-67(56)80)42-43-64(62)79-65-46-53(82-70-38-18-13-30-58(70)60-32-20-40-71(60)82)47-74(83-72-39-19-14-31-59(72)61-33-21-41-73(61)83)77(65)84-75-48-52(45-63(78)76(75)79)81-68-34-9-3-8-26-54(68)57-29-12-17-37-69(57)81/h1-2,4-7,10,12-15,17-19,22-25,27,29-31,35,37-39,42-48H,3,8-9,11,16,20-21,26,28,32-34,36,40-41H2. The van der Waals surface area contributed by atoms with E-state index in [1.165, 1.54) is 182 Å². The van der Waals surface area contributed by atoms with E-state index >= 15 is 0 Å². The summed E-state index contributed by atoms with van der Waals surface area (Å²) in [4.78, 5) is 0. The number of nitrogens with zero attached hydrogens (tertiary/aromatic N) is 4. The van der Waals surface area contributed by atoms with Crippen LogP contribution in [-0.4, -0.2) is 39.9 Å². The zero-order chi connectivity index (χ0) is 54.8. The van der Waals surface area contributed by atoms with Gasteiger partial charge in [0.25, 0.3) is 0 Å². The molecule has 6 heterocycles. The van der Waals surface area contributed by atoms with Gasteiger partial charge in [-0.3, -0.25) is 0 Å². The Labute approximate surface area is 497 Å². The summed E-state index contributed by atoms with van der Waals surface area (Å²) in [7, 11) is 0. The minimum absolute atomic E-state index is 0.0310. The van der Waals surface area contributed by atoms with Crippen LogP contribution in [0.4, 0.5) is 0 Å². The molecule has 404 valence electrons. The monoisotopic (exact) mass is 1150 g/mol. The van der Waals surface area contributed by atoms with Crippen molar-refractivity contribution in [3.63, 3.8) is 0 Å². The predicted octanol–water partition coefficient (Wildman–Crippen LogP) is 13.8. The third kappa shape index (κ3) is 6.56. The molecule has 6 aliphatic rings. The van der Waals surface area contributed by atoms with E-state index in [2.05, 4.69) is 218 Å². The molecule has 0 atom stereocenters. The second kappa shape index (κ2) is 18.4. The summed E-state index contributed by atoms with van der Waals surface area (Å²) >= 11 is -0.0864. The van der Waals surface area contributed by atoms with Crippen molar-refractivity contribution in [2.45, 2.75) is 102 Å². The molecule has 4 nitrogen and oxygen atoms in total. The average molecular weight is 1150 g/mol. The van der Waals surface area contributed by atoms with Crippen LogP contribution < -0.4 is 25.3 Å². The first-order valence-electron chi connectivity index (χ1n) is 31.5. The first-order chi connectivity index (χ1) is 41.7. The van der Waals surface area contributed by atoms with Gasteiger partial charge in [-0.2, -0.15) is 0 Å². The third-order valence-electron chi connectivity index (χ3n) is 21.1. The van der Waals surface area contributed by atoms with Crippen LogP contribution in [0.5, 0.6) is 0 Å². The normalized spacial score (nSPS) is 16.4. The molecule has 0 amide bonds. The Morgan fingerprint density at radius 2 is 0.762 bits per heavy atom. The Kier molecular flexibility index (Phi) is 10.5. The summed E-state index contributed by atoms with van der Waals surface area (Å²) in [5.41, 5.74) is 32.0. The van der Waals surface area contributed by atoms with Crippen LogP contribution in [0.15, 0.2) is 200 Å². The van der Waals surface area contributed by atoms with Gasteiger partial charge in [0.2, 0.25) is 0 Å². The van der Waals surface area contributed by atoms with Gasteiger partial charge in [-0.25, -0.2) is 0 Å². The zero-order valence-corrected chi connectivity index (χ0v) is 49.1. The van der Waals surface area contributed by atoms with Crippen molar-refractivity contribution in [1.82, 2.24) is 18.3 Å². The van der Waals surface area contributed by atoms with Crippen LogP contribution in [0.1, 0.15) is 112 Å². The van der Waals surface area contributed by atoms with Gasteiger partial charge in [0.1, 0.15) is 0 Å². The van der Waals surface area contributed by atoms with Crippen molar-refractivity contribution in [2.75, 3.05) is 0 Å². The van der Waals surface area contributed by atoms with E-state index in [0.717, 1.165) is 51.4 Å². The molecular formula is C78H63BN4Se. The summed E-state index contributed by atoms with van der Waals surface area (Å²) in [5.74, 6) is 0. The molecule has 0 saturated carbocycles. The van der Waals surface area contributed by atoms with Crippen molar-refractivity contribution in [2.24, 2.45) is 0 Å². The first kappa shape index (κ1) is 48.1. The first-order valence-corrected chi connectivity index (χ1v) is 33.2. The number of hydrogen-bond acceptors (Lipinski definition) is 0. The van der Waals surface area contributed by atoms with E-state index in [0.29, 0.717) is 0 Å². The molecule has 0 radical (unpaired) electrons. The molecule has 0 N–H and O–H groups in total. The zero-order valence-electron chi connectivity index (χ0n) is 47.4. The minimum atomic E-state index is -0.670. The summed E-state index contributed by atoms with van der Waals surface area (Å²) in [5, 5.41) is 5.69. The number of rotatable bonds is 6. The van der Waals surface area contributed by atoms with Gasteiger partial charge in [0.15, 0.2) is 0 Å². The third-order valence-corrected chi connectivity index (χ3v) is 23.6. The molecule has 0 saturated heterocycles. The fraction of sp³-hybridized carbons (Fsp3) is 0.205. The molecule has 13 aromatic rings. The number of benzene rings is 9. The van der Waals surface area contributed by atoms with Crippen LogP contribution in [0.25, 0.3) is 66.4 Å². The van der Waals surface area contributed by atoms with Gasteiger partial charge >= 0.3 is 501 Å². The number of aromatic nitrogens is 4. The molecule has 4 aromatic heterocycles. The van der Waals surface area contributed by atoms with Crippen LogP contribution in [-0.2, 0) is 56.8 Å². The number of para-hydroxylation sites is 4. The van der Waals surface area contributed by atoms with Crippen molar-refractivity contribution in [3.05, 3.63) is 267 Å². The molecular weight excluding hydrogens is 1080 g/mol. The maximum atomic E-state index is 2.79. The fourth-order valence-corrected chi connectivity index (χ4v) is 20.5. The van der Waals surface area contributed by atoms with Gasteiger partial charge in [-0.15, -0.1) is 0 Å². The van der Waals surface area contributed by atoms with E-state index in [4.69, 9.17) is 0 Å². The van der Waals surface area contributed by atoms with E-state index in [-0.39, 0.29) is 21.7 Å². The molecule has 0 unspecified atom stereocenters. The second-order valence-corrected chi connectivity index (χ2v) is 27.4. The van der Waals surface area contributed by atoms with Crippen LogP contribution in [0.3, 0.4) is 0 Å². The maximum absolute atomic E-state index is 2.79. The summed E-state index contributed by atoms with van der Waals surface area (Å²) in [6, 6.07) is 79.6. The van der Waals surface area contributed by atoms with E-state index in [9.17, 15) is 0 Å². The number of fused-ring (bicyclic) bond motifs is 16. The van der Waals surface area contributed by atoms with Crippen molar-refractivity contribution in [1.29, 1.82) is 0 Å². The molecule has 0 bridgehead atoms. The van der Waals surface area contributed by atoms with Gasteiger partial charge in [-0.1, -0.05) is 0 Å². The van der Waals surface area contributed by atoms with Crippen molar-refractivity contribution < 1.29 is 0 Å². The quantitative estimate of drug-likeness (QED) is 0.117. The number of hydrogen-bond donors (Lipinski definition) is 0. The average Bonchev–Trinajstić information content (AvgIpc) is 0.921. The van der Waals surface area contributed by atoms with Crippen LogP contribution in [0.2, 0.25) is 0 Å². The van der Waals surface area contributed by atoms with Gasteiger partial charge in [-0.05, 0) is 0 Å². The summed E-state index contributed by atoms with van der Waals surface area (Å²) in [6.45, 7) is -0.0310. The summed E-state index contributed by atoms with van der Waals surface area (Å²) in [6.07, 6.45) is 17.5. The van der Waals surface area contributed by atoms with E-state index in [1.807, 2.05) is 0 Å². The predicted molar refractivity (Wildman–Crippen MR) is 350 cm³/mol. The Morgan fingerprint density at radius 1 is 0.333 bits per heavy atom. The van der Waals surface area contributed by atoms with Crippen LogP contribution >= 0.6 is 0 Å². The van der Waals surface area contributed by atoms with Gasteiger partial charge < -0.3 is 0 Å². The topological polar surface area (TPSA) is 19.7 Å². The molecule has 6 heteroatoms. The molecule has 19 rings (SSSR count). The Morgan fingerprint density at radius 3 is 1.33 bits per heavy atom. The number of aryl methyl sites for hydroxylation is 4. The SMILES string of the molecule is c1ccc(C2(c3ccccc3)c3cc(-n4c5c(c6ccccc64)CCCC5)ccc3B3c4cc(-n5c6c(c7ccccc75)CCC6)cc(-n5c6c(c7ccccc75)CCC6)c4[Se]c4cc(-n5c6c(c7ccccc75)CCCCC6)cc2c43)cc1. The molecule has 84 heavy (non-hydrogen) atoms. The molecule has 0 spiro atoms. The Balaban J connectivity index is 0.988. The molecule has 0 fully saturated rings. The van der Waals surface area contributed by atoms with Crippen molar-refractivity contribution >= 4 is 90.6 Å². The second-order valence-electron chi connectivity index (χ2n) is 25.2. The van der Waals surface area contributed by atoms with E-state index < -0.39 is 5.41 Å². The van der Waals surface area contributed by atoms with Gasteiger partial charge in [0, 0.05) is 0 Å².